The zero-order valence-electron chi connectivity index (χ0n) is 40.6. The molecule has 3 aromatic carbocycles. The Bertz CT molecular complexity index is 3330. The van der Waals surface area contributed by atoms with Crippen molar-refractivity contribution < 1.29 is 37.8 Å². The average molecular weight is 992 g/mol. The molecule has 19 heteroatoms. The average Bonchev–Trinajstić information content (AvgIpc) is 3.91. The number of hydrogen-bond donors (Lipinski definition) is 4. The van der Waals surface area contributed by atoms with Crippen LogP contribution >= 0.6 is 0 Å². The summed E-state index contributed by atoms with van der Waals surface area (Å²) in [5, 5.41) is 26.6. The quantitative estimate of drug-likeness (QED) is 0.0821. The number of piperidine rings is 2. The molecule has 6 fully saturated rings. The van der Waals surface area contributed by atoms with Crippen molar-refractivity contribution in [3.8, 4) is 35.4 Å². The molecule has 5 saturated heterocycles. The fraction of sp³-hybridized carbons (Fsp3) is 0.444. The summed E-state index contributed by atoms with van der Waals surface area (Å²) >= 11 is 0. The van der Waals surface area contributed by atoms with Crippen molar-refractivity contribution in [1.29, 1.82) is 0 Å². The van der Waals surface area contributed by atoms with Gasteiger partial charge in [-0.15, -0.1) is 6.42 Å². The number of benzene rings is 3. The molecule has 3 unspecified atom stereocenters. The van der Waals surface area contributed by atoms with Gasteiger partial charge in [-0.05, 0) is 99.5 Å². The van der Waals surface area contributed by atoms with Crippen molar-refractivity contribution in [3.63, 3.8) is 0 Å². The molecule has 376 valence electrons. The van der Waals surface area contributed by atoms with Gasteiger partial charge in [0, 0.05) is 92.9 Å². The maximum atomic E-state index is 17.2. The van der Waals surface area contributed by atoms with E-state index in [1.54, 1.807) is 4.68 Å². The molecule has 12 rings (SSSR count). The van der Waals surface area contributed by atoms with Crippen molar-refractivity contribution in [2.24, 2.45) is 12.5 Å². The number of pyridine rings is 1. The van der Waals surface area contributed by atoms with E-state index in [0.717, 1.165) is 42.1 Å². The van der Waals surface area contributed by atoms with Crippen molar-refractivity contribution in [3.05, 3.63) is 77.1 Å². The monoisotopic (exact) mass is 991 g/mol. The van der Waals surface area contributed by atoms with E-state index in [-0.39, 0.29) is 106 Å². The number of hydrogen-bond acceptors (Lipinski definition) is 13. The van der Waals surface area contributed by atoms with Gasteiger partial charge in [0.1, 0.15) is 40.6 Å². The zero-order valence-corrected chi connectivity index (χ0v) is 40.6. The highest BCUT2D eigenvalue weighted by atomic mass is 19.1. The summed E-state index contributed by atoms with van der Waals surface area (Å²) in [6.07, 6.45) is 13.0. The molecule has 0 spiro atoms. The molecule has 0 radical (unpaired) electrons. The van der Waals surface area contributed by atoms with Gasteiger partial charge >= 0.3 is 6.01 Å². The highest BCUT2D eigenvalue weighted by Crippen LogP contribution is 2.49. The number of aromatic nitrogens is 5. The number of rotatable bonds is 10. The Morgan fingerprint density at radius 2 is 1.75 bits per heavy atom. The molecular formula is C54H55F2N11O6. The van der Waals surface area contributed by atoms with Gasteiger partial charge in [-0.1, -0.05) is 24.1 Å². The number of phenolic OH excluding ortho intramolecular Hbond substituents is 1. The van der Waals surface area contributed by atoms with Crippen LogP contribution in [-0.4, -0.2) is 134 Å². The van der Waals surface area contributed by atoms with Gasteiger partial charge in [0.15, 0.2) is 5.82 Å². The second-order valence-corrected chi connectivity index (χ2v) is 21.0. The molecule has 5 atom stereocenters. The third-order valence-corrected chi connectivity index (χ3v) is 16.4. The molecule has 4 N–H and O–H groups in total. The number of nitrogens with one attached hydrogen (secondary N) is 3. The first kappa shape index (κ1) is 46.8. The van der Waals surface area contributed by atoms with E-state index in [4.69, 9.17) is 21.2 Å². The summed E-state index contributed by atoms with van der Waals surface area (Å²) in [5.74, 6) is 0.000123. The summed E-state index contributed by atoms with van der Waals surface area (Å²) in [6.45, 7) is 3.01. The number of ether oxygens (including phenoxy) is 1. The Morgan fingerprint density at radius 3 is 2.49 bits per heavy atom. The van der Waals surface area contributed by atoms with Gasteiger partial charge in [-0.2, -0.15) is 15.1 Å². The molecular weight excluding hydrogens is 937 g/mol. The normalized spacial score (nSPS) is 24.1. The topological polar surface area (TPSA) is 200 Å². The number of nitrogens with zero attached hydrogens (tertiary/aromatic N) is 8. The predicted molar refractivity (Wildman–Crippen MR) is 266 cm³/mol. The minimum Gasteiger partial charge on any atom is -0.508 e. The highest BCUT2D eigenvalue weighted by Gasteiger charge is 2.58. The number of terminal acetylenes is 1. The maximum Gasteiger partial charge on any atom is 0.319 e. The number of carbonyl (C=O) groups is 4. The number of phenols is 1. The Hall–Kier alpha value is -7.30. The van der Waals surface area contributed by atoms with E-state index in [1.165, 1.54) is 30.5 Å². The van der Waals surface area contributed by atoms with E-state index in [0.29, 0.717) is 80.7 Å². The number of likely N-dealkylation sites (tertiary alicyclic amines) is 2. The Kier molecular flexibility index (Phi) is 11.5. The van der Waals surface area contributed by atoms with Crippen LogP contribution in [0.4, 0.5) is 14.6 Å². The van der Waals surface area contributed by atoms with E-state index in [1.807, 2.05) is 25.1 Å². The summed E-state index contributed by atoms with van der Waals surface area (Å²) in [4.78, 5) is 72.7. The lowest BCUT2D eigenvalue weighted by Gasteiger charge is -2.34. The molecule has 1 saturated carbocycles. The highest BCUT2D eigenvalue weighted by molar-refractivity contribution is 6.08. The molecule has 6 aromatic rings. The third kappa shape index (κ3) is 8.24. The number of imide groups is 1. The lowest BCUT2D eigenvalue weighted by Crippen LogP contribution is -2.51. The maximum absolute atomic E-state index is 17.2. The molecule has 3 aromatic heterocycles. The number of anilines is 1. The second kappa shape index (κ2) is 18.0. The number of halogens is 2. The largest absolute Gasteiger partial charge is 0.508 e. The van der Waals surface area contributed by atoms with Gasteiger partial charge < -0.3 is 30.3 Å². The molecule has 4 amide bonds. The van der Waals surface area contributed by atoms with E-state index in [9.17, 15) is 24.3 Å². The van der Waals surface area contributed by atoms with Crippen LogP contribution in [0.5, 0.6) is 11.8 Å². The number of aryl methyl sites for hydroxylation is 1. The minimum absolute atomic E-state index is 0.0378. The van der Waals surface area contributed by atoms with Crippen LogP contribution in [0.15, 0.2) is 48.7 Å². The molecule has 2 bridgehead atoms. The van der Waals surface area contributed by atoms with Gasteiger partial charge in [-0.3, -0.25) is 39.1 Å². The summed E-state index contributed by atoms with van der Waals surface area (Å²) < 4.78 is 40.3. The SMILES string of the molecule is C#Cc1c(F)ccc2cc(O)cc(-c3ncc4c(N5CC6CCC(C5)N6)nc(OC[C@@H]5C[C@@H](NC(=O)C6(C(=O)N7CCC(c8ccc9c(C%10CCC(=O)NC%10=O)nn(C)c9c8)CC7)CC6)CN5C)nc4c3F)c12. The Morgan fingerprint density at radius 1 is 0.973 bits per heavy atom. The van der Waals surface area contributed by atoms with E-state index < -0.39 is 23.0 Å². The lowest BCUT2D eigenvalue weighted by molar-refractivity contribution is -0.145. The van der Waals surface area contributed by atoms with Crippen LogP contribution in [0.2, 0.25) is 0 Å². The minimum atomic E-state index is -1.09. The molecule has 8 heterocycles. The summed E-state index contributed by atoms with van der Waals surface area (Å²) in [5.41, 5.74) is 1.46. The fourth-order valence-corrected chi connectivity index (χ4v) is 12.3. The van der Waals surface area contributed by atoms with Gasteiger partial charge in [0.25, 0.3) is 0 Å². The number of piperazine rings is 1. The molecule has 73 heavy (non-hydrogen) atoms. The zero-order chi connectivity index (χ0) is 50.4. The van der Waals surface area contributed by atoms with Crippen LogP contribution in [0, 0.1) is 29.4 Å². The molecule has 5 aliphatic heterocycles. The first-order valence-corrected chi connectivity index (χ1v) is 25.3. The Labute approximate surface area is 419 Å². The number of fused-ring (bicyclic) bond motifs is 5. The fourth-order valence-electron chi connectivity index (χ4n) is 12.3. The van der Waals surface area contributed by atoms with Crippen molar-refractivity contribution in [1.82, 2.24) is 50.5 Å². The van der Waals surface area contributed by atoms with Crippen LogP contribution in [-0.2, 0) is 26.2 Å². The summed E-state index contributed by atoms with van der Waals surface area (Å²) in [7, 11) is 3.80. The standard InChI is InChI=1S/C54H55F2N11O6/c1-4-36-41(55)11-6-30-19-35(68)22-39(44(30)36)47-45(56)48-40(23-57-47)49(67-25-31-7-8-32(26-67)58-31)62-53(61-48)73-27-34-21-33(24-64(34)2)59-51(71)54(15-16-54)52(72)66-17-13-28(14-18-66)29-5-9-37-42(20-29)65(3)63-46(37)38-10-12-43(69)60-50(38)70/h1,5-6,9,11,19-20,22-23,28,31-34,38,58,68H,7-8,10,12-18,21,24-27H2,2-3H3,(H,59,71)(H,60,69,70)/t31?,32?,33-,34+,38?/m1/s1. The van der Waals surface area contributed by atoms with E-state index in [2.05, 4.69) is 53.8 Å². The smallest absolute Gasteiger partial charge is 0.319 e. The van der Waals surface area contributed by atoms with Gasteiger partial charge in [0.2, 0.25) is 23.6 Å². The van der Waals surface area contributed by atoms with Crippen molar-refractivity contribution in [2.75, 3.05) is 51.3 Å². The summed E-state index contributed by atoms with van der Waals surface area (Å²) in [6, 6.07) is 11.7. The third-order valence-electron chi connectivity index (χ3n) is 16.4. The van der Waals surface area contributed by atoms with Crippen molar-refractivity contribution >= 4 is 62.0 Å². The number of amides is 4. The second-order valence-electron chi connectivity index (χ2n) is 21.0. The molecule has 6 aliphatic rings. The molecule has 17 nitrogen and oxygen atoms in total. The van der Waals surface area contributed by atoms with Crippen LogP contribution in [0.3, 0.4) is 0 Å². The van der Waals surface area contributed by atoms with Crippen LogP contribution in [0.1, 0.15) is 86.4 Å². The first-order valence-electron chi connectivity index (χ1n) is 25.3. The van der Waals surface area contributed by atoms with Gasteiger partial charge in [-0.25, -0.2) is 8.78 Å². The number of carbonyl (C=O) groups excluding carboxylic acids is 4. The van der Waals surface area contributed by atoms with Gasteiger partial charge in [0.05, 0.1) is 28.1 Å². The molecule has 1 aliphatic carbocycles. The van der Waals surface area contributed by atoms with Crippen LogP contribution in [0.25, 0.3) is 43.8 Å². The first-order chi connectivity index (χ1) is 35.2. The predicted octanol–water partition coefficient (Wildman–Crippen LogP) is 4.91. The van der Waals surface area contributed by atoms with Crippen molar-refractivity contribution in [2.45, 2.75) is 93.8 Å². The van der Waals surface area contributed by atoms with E-state index >= 15 is 8.78 Å². The lowest BCUT2D eigenvalue weighted by atomic mass is 9.87. The van der Waals surface area contributed by atoms with Crippen LogP contribution < -0.4 is 25.6 Å². The number of likely N-dealkylation sites (N-methyl/N-ethyl adjacent to an activating group) is 1. The Balaban J connectivity index is 0.719. The number of aromatic hydroxyl groups is 1.